The number of benzene rings is 1. The molecular weight excluding hydrogens is 326 g/mol. The lowest BCUT2D eigenvalue weighted by molar-refractivity contribution is -0.697. The van der Waals surface area contributed by atoms with E-state index in [0.717, 1.165) is 57.0 Å². The van der Waals surface area contributed by atoms with E-state index in [4.69, 9.17) is 4.74 Å². The standard InChI is InChI=1S/C21H28N3O2/c1-26-20-10-4-3-9-19(20)23-15-17-24(18-16-23)21(25)11-5-8-14-22-12-6-2-7-13-22/h2-4,6-7,9-10,12-13H,5,8,11,14-18H2,1H3/q+1. The quantitative estimate of drug-likeness (QED) is 0.566. The Hall–Kier alpha value is -2.56. The molecule has 5 heteroatoms. The van der Waals surface area contributed by atoms with E-state index in [9.17, 15) is 4.79 Å². The minimum atomic E-state index is 0.280. The number of ether oxygens (including phenoxy) is 1. The van der Waals surface area contributed by atoms with E-state index >= 15 is 0 Å². The van der Waals surface area contributed by atoms with Crippen LogP contribution in [0.2, 0.25) is 0 Å². The molecule has 1 amide bonds. The van der Waals surface area contributed by atoms with Crippen molar-refractivity contribution < 1.29 is 14.1 Å². The van der Waals surface area contributed by atoms with Gasteiger partial charge in [-0.05, 0) is 18.6 Å². The third-order valence-electron chi connectivity index (χ3n) is 4.89. The van der Waals surface area contributed by atoms with Crippen molar-refractivity contribution in [3.8, 4) is 5.75 Å². The predicted octanol–water partition coefficient (Wildman–Crippen LogP) is 2.50. The molecule has 2 heterocycles. The van der Waals surface area contributed by atoms with Crippen LogP contribution < -0.4 is 14.2 Å². The minimum absolute atomic E-state index is 0.280. The molecule has 0 unspecified atom stereocenters. The molecule has 1 fully saturated rings. The van der Waals surface area contributed by atoms with Crippen LogP contribution in [-0.4, -0.2) is 44.1 Å². The Labute approximate surface area is 155 Å². The number of amides is 1. The van der Waals surface area contributed by atoms with Gasteiger partial charge in [-0.2, -0.15) is 0 Å². The fraction of sp³-hybridized carbons (Fsp3) is 0.429. The molecule has 1 aromatic heterocycles. The van der Waals surface area contributed by atoms with Gasteiger partial charge in [0.25, 0.3) is 0 Å². The second-order valence-electron chi connectivity index (χ2n) is 6.61. The number of methoxy groups -OCH3 is 1. The zero-order valence-corrected chi connectivity index (χ0v) is 15.5. The number of rotatable bonds is 7. The average molecular weight is 354 g/mol. The van der Waals surface area contributed by atoms with Crippen LogP contribution in [0, 0.1) is 0 Å². The van der Waals surface area contributed by atoms with E-state index in [-0.39, 0.29) is 5.91 Å². The highest BCUT2D eigenvalue weighted by Crippen LogP contribution is 2.28. The Bertz CT molecular complexity index is 697. The first-order valence-electron chi connectivity index (χ1n) is 9.38. The van der Waals surface area contributed by atoms with Gasteiger partial charge in [-0.25, -0.2) is 4.57 Å². The van der Waals surface area contributed by atoms with E-state index in [1.807, 2.05) is 41.3 Å². The van der Waals surface area contributed by atoms with Crippen molar-refractivity contribution in [1.29, 1.82) is 0 Å². The summed E-state index contributed by atoms with van der Waals surface area (Å²) in [6.07, 6.45) is 6.74. The average Bonchev–Trinajstić information content (AvgIpc) is 2.72. The highest BCUT2D eigenvalue weighted by molar-refractivity contribution is 5.76. The van der Waals surface area contributed by atoms with Crippen molar-refractivity contribution >= 4 is 11.6 Å². The normalized spacial score (nSPS) is 14.3. The van der Waals surface area contributed by atoms with Gasteiger partial charge >= 0.3 is 0 Å². The highest BCUT2D eigenvalue weighted by atomic mass is 16.5. The maximum Gasteiger partial charge on any atom is 0.222 e. The maximum absolute atomic E-state index is 12.5. The zero-order chi connectivity index (χ0) is 18.2. The van der Waals surface area contributed by atoms with E-state index in [1.54, 1.807) is 7.11 Å². The fourth-order valence-corrected chi connectivity index (χ4v) is 3.40. The number of nitrogens with zero attached hydrogens (tertiary/aromatic N) is 3. The monoisotopic (exact) mass is 354 g/mol. The molecule has 0 N–H and O–H groups in total. The molecule has 1 aliphatic heterocycles. The van der Waals surface area contributed by atoms with Crippen molar-refractivity contribution in [2.75, 3.05) is 38.2 Å². The Morgan fingerprint density at radius 1 is 1.00 bits per heavy atom. The number of hydrogen-bond acceptors (Lipinski definition) is 3. The van der Waals surface area contributed by atoms with Crippen molar-refractivity contribution in [3.05, 3.63) is 54.9 Å². The van der Waals surface area contributed by atoms with Gasteiger partial charge < -0.3 is 14.5 Å². The summed E-state index contributed by atoms with van der Waals surface area (Å²) in [7, 11) is 1.70. The van der Waals surface area contributed by atoms with Crippen LogP contribution in [-0.2, 0) is 11.3 Å². The van der Waals surface area contributed by atoms with Crippen LogP contribution >= 0.6 is 0 Å². The fourth-order valence-electron chi connectivity index (χ4n) is 3.40. The van der Waals surface area contributed by atoms with Gasteiger partial charge in [0.15, 0.2) is 12.4 Å². The molecule has 0 bridgehead atoms. The van der Waals surface area contributed by atoms with E-state index in [0.29, 0.717) is 6.42 Å². The minimum Gasteiger partial charge on any atom is -0.495 e. The molecule has 0 aliphatic carbocycles. The van der Waals surface area contributed by atoms with Crippen molar-refractivity contribution in [2.24, 2.45) is 0 Å². The summed E-state index contributed by atoms with van der Waals surface area (Å²) in [6, 6.07) is 14.2. The van der Waals surface area contributed by atoms with Crippen LogP contribution in [0.1, 0.15) is 19.3 Å². The van der Waals surface area contributed by atoms with Crippen LogP contribution in [0.4, 0.5) is 5.69 Å². The van der Waals surface area contributed by atoms with Crippen molar-refractivity contribution in [2.45, 2.75) is 25.8 Å². The number of aromatic nitrogens is 1. The molecule has 138 valence electrons. The van der Waals surface area contributed by atoms with Gasteiger partial charge in [0.2, 0.25) is 5.91 Å². The Kier molecular flexibility index (Phi) is 6.47. The number of unbranched alkanes of at least 4 members (excludes halogenated alkanes) is 1. The molecular formula is C21H28N3O2+. The number of carbonyl (C=O) groups excluding carboxylic acids is 1. The molecule has 26 heavy (non-hydrogen) atoms. The number of para-hydroxylation sites is 2. The molecule has 2 aromatic rings. The number of piperazine rings is 1. The van der Waals surface area contributed by atoms with Crippen LogP contribution in [0.25, 0.3) is 0 Å². The molecule has 3 rings (SSSR count). The third kappa shape index (κ3) is 4.75. The van der Waals surface area contributed by atoms with E-state index in [2.05, 4.69) is 27.9 Å². The maximum atomic E-state index is 12.5. The number of carbonyl (C=O) groups is 1. The highest BCUT2D eigenvalue weighted by Gasteiger charge is 2.22. The van der Waals surface area contributed by atoms with Crippen LogP contribution in [0.15, 0.2) is 54.9 Å². The first-order chi connectivity index (χ1) is 12.8. The summed E-state index contributed by atoms with van der Waals surface area (Å²) in [6.45, 7) is 4.24. The van der Waals surface area contributed by atoms with Gasteiger partial charge in [-0.3, -0.25) is 4.79 Å². The number of anilines is 1. The summed E-state index contributed by atoms with van der Waals surface area (Å²) in [4.78, 5) is 16.8. The van der Waals surface area contributed by atoms with Gasteiger partial charge in [0, 0.05) is 51.2 Å². The summed E-state index contributed by atoms with van der Waals surface area (Å²) in [5, 5.41) is 0. The van der Waals surface area contributed by atoms with Crippen LogP contribution in [0.3, 0.4) is 0 Å². The summed E-state index contributed by atoms with van der Waals surface area (Å²) >= 11 is 0. The zero-order valence-electron chi connectivity index (χ0n) is 15.5. The first kappa shape index (κ1) is 18.2. The second kappa shape index (κ2) is 9.22. The second-order valence-corrected chi connectivity index (χ2v) is 6.61. The van der Waals surface area contributed by atoms with Crippen molar-refractivity contribution in [1.82, 2.24) is 4.90 Å². The largest absolute Gasteiger partial charge is 0.495 e. The van der Waals surface area contributed by atoms with E-state index in [1.165, 1.54) is 0 Å². The molecule has 0 atom stereocenters. The molecule has 0 saturated carbocycles. The lowest BCUT2D eigenvalue weighted by Gasteiger charge is -2.36. The van der Waals surface area contributed by atoms with Gasteiger partial charge in [0.05, 0.1) is 12.8 Å². The molecule has 0 spiro atoms. The van der Waals surface area contributed by atoms with Gasteiger partial charge in [-0.1, -0.05) is 18.2 Å². The van der Waals surface area contributed by atoms with Crippen LogP contribution in [0.5, 0.6) is 5.75 Å². The van der Waals surface area contributed by atoms with E-state index < -0.39 is 0 Å². The molecule has 1 saturated heterocycles. The summed E-state index contributed by atoms with van der Waals surface area (Å²) in [5.74, 6) is 1.17. The summed E-state index contributed by atoms with van der Waals surface area (Å²) in [5.41, 5.74) is 1.11. The lowest BCUT2D eigenvalue weighted by Crippen LogP contribution is -2.48. The number of pyridine rings is 1. The molecule has 0 radical (unpaired) electrons. The van der Waals surface area contributed by atoms with Gasteiger partial charge in [-0.15, -0.1) is 0 Å². The summed E-state index contributed by atoms with van der Waals surface area (Å²) < 4.78 is 7.61. The number of aryl methyl sites for hydroxylation is 1. The first-order valence-corrected chi connectivity index (χ1v) is 9.38. The Morgan fingerprint density at radius 2 is 1.73 bits per heavy atom. The van der Waals surface area contributed by atoms with Gasteiger partial charge in [0.1, 0.15) is 12.3 Å². The lowest BCUT2D eigenvalue weighted by atomic mass is 10.2. The topological polar surface area (TPSA) is 36.7 Å². The molecule has 5 nitrogen and oxygen atoms in total. The SMILES string of the molecule is COc1ccccc1N1CCN(C(=O)CCCC[n+]2ccccc2)CC1. The Balaban J connectivity index is 1.41. The van der Waals surface area contributed by atoms with Crippen molar-refractivity contribution in [3.63, 3.8) is 0 Å². The smallest absolute Gasteiger partial charge is 0.222 e. The molecule has 1 aromatic carbocycles. The number of hydrogen-bond donors (Lipinski definition) is 0. The third-order valence-corrected chi connectivity index (χ3v) is 4.89. The predicted molar refractivity (Wildman–Crippen MR) is 102 cm³/mol. The molecule has 1 aliphatic rings. The Morgan fingerprint density at radius 3 is 2.46 bits per heavy atom.